The topological polar surface area (TPSA) is 30.5 Å². The molecule has 0 radical (unpaired) electrons. The van der Waals surface area contributed by atoms with Crippen molar-refractivity contribution in [2.45, 2.75) is 19.9 Å². The van der Waals surface area contributed by atoms with Crippen LogP contribution in [0.3, 0.4) is 0 Å². The van der Waals surface area contributed by atoms with Crippen LogP contribution in [0.2, 0.25) is 0 Å². The smallest absolute Gasteiger partial charge is 0.122 e. The van der Waals surface area contributed by atoms with Crippen molar-refractivity contribution in [2.24, 2.45) is 5.41 Å². The second kappa shape index (κ2) is 4.31. The molecule has 2 aliphatic heterocycles. The van der Waals surface area contributed by atoms with Gasteiger partial charge in [-0.25, -0.2) is 0 Å². The summed E-state index contributed by atoms with van der Waals surface area (Å²) in [5.41, 5.74) is 2.98. The van der Waals surface area contributed by atoms with Crippen LogP contribution in [0.15, 0.2) is 18.2 Å². The summed E-state index contributed by atoms with van der Waals surface area (Å²) in [5, 5.41) is 3.39. The average Bonchev–Trinajstić information content (AvgIpc) is 2.34. The van der Waals surface area contributed by atoms with Gasteiger partial charge in [-0.2, -0.15) is 0 Å². The molecular weight excluding hydrogens is 214 g/mol. The van der Waals surface area contributed by atoms with Gasteiger partial charge in [0.25, 0.3) is 0 Å². The Morgan fingerprint density at radius 2 is 2.29 bits per heavy atom. The Morgan fingerprint density at radius 1 is 1.41 bits per heavy atom. The number of benzene rings is 1. The van der Waals surface area contributed by atoms with Crippen molar-refractivity contribution in [1.29, 1.82) is 0 Å². The van der Waals surface area contributed by atoms with Crippen molar-refractivity contribution in [1.82, 2.24) is 5.32 Å². The summed E-state index contributed by atoms with van der Waals surface area (Å²) in [4.78, 5) is 0. The van der Waals surface area contributed by atoms with Gasteiger partial charge in [0.1, 0.15) is 5.75 Å². The molecule has 1 N–H and O–H groups in total. The van der Waals surface area contributed by atoms with E-state index in [4.69, 9.17) is 9.47 Å². The van der Waals surface area contributed by atoms with Crippen LogP contribution in [0, 0.1) is 5.41 Å². The van der Waals surface area contributed by atoms with Crippen molar-refractivity contribution >= 4 is 0 Å². The van der Waals surface area contributed by atoms with Crippen molar-refractivity contribution in [2.75, 3.05) is 26.4 Å². The van der Waals surface area contributed by atoms with Gasteiger partial charge in [-0.1, -0.05) is 19.1 Å². The maximum atomic E-state index is 6.00. The molecule has 2 aliphatic rings. The Balaban J connectivity index is 1.74. The molecule has 0 aromatic heterocycles. The minimum atomic E-state index is 0.218. The monoisotopic (exact) mass is 233 g/mol. The molecule has 0 saturated carbocycles. The zero-order valence-corrected chi connectivity index (χ0v) is 10.3. The maximum absolute atomic E-state index is 6.00. The molecule has 0 amide bonds. The zero-order chi connectivity index (χ0) is 11.7. The summed E-state index contributed by atoms with van der Waals surface area (Å²) in [6.07, 6.45) is 1.07. The maximum Gasteiger partial charge on any atom is 0.122 e. The first kappa shape index (κ1) is 11.1. The summed E-state index contributed by atoms with van der Waals surface area (Å²) in [6.45, 7) is 6.64. The van der Waals surface area contributed by atoms with Gasteiger partial charge in [0, 0.05) is 12.0 Å². The Labute approximate surface area is 102 Å². The van der Waals surface area contributed by atoms with Crippen molar-refractivity contribution in [3.63, 3.8) is 0 Å². The van der Waals surface area contributed by atoms with Crippen LogP contribution >= 0.6 is 0 Å². The van der Waals surface area contributed by atoms with Crippen molar-refractivity contribution < 1.29 is 9.47 Å². The fraction of sp³-hybridized carbons (Fsp3) is 0.571. The van der Waals surface area contributed by atoms with Gasteiger partial charge >= 0.3 is 0 Å². The highest BCUT2D eigenvalue weighted by Gasteiger charge is 2.34. The number of rotatable bonds is 3. The molecule has 1 aromatic rings. The molecule has 3 nitrogen and oxygen atoms in total. The molecule has 1 saturated heterocycles. The van der Waals surface area contributed by atoms with E-state index in [1.165, 1.54) is 11.1 Å². The van der Waals surface area contributed by atoms with Gasteiger partial charge in [-0.05, 0) is 30.2 Å². The summed E-state index contributed by atoms with van der Waals surface area (Å²) in [6, 6.07) is 6.36. The fourth-order valence-corrected chi connectivity index (χ4v) is 2.42. The van der Waals surface area contributed by atoms with Gasteiger partial charge < -0.3 is 14.8 Å². The molecule has 1 fully saturated rings. The SMILES string of the molecule is CC1(COc2cccc3c2CCNC3)COC1. The van der Waals surface area contributed by atoms with Crippen LogP contribution < -0.4 is 10.1 Å². The fourth-order valence-electron chi connectivity index (χ4n) is 2.42. The van der Waals surface area contributed by atoms with E-state index in [-0.39, 0.29) is 5.41 Å². The Kier molecular flexibility index (Phi) is 2.81. The highest BCUT2D eigenvalue weighted by Crippen LogP contribution is 2.30. The third-order valence-electron chi connectivity index (χ3n) is 3.57. The predicted octanol–water partition coefficient (Wildman–Crippen LogP) is 1.75. The number of ether oxygens (including phenoxy) is 2. The van der Waals surface area contributed by atoms with E-state index in [1.54, 1.807) is 0 Å². The molecule has 0 unspecified atom stereocenters. The average molecular weight is 233 g/mol. The summed E-state index contributed by atoms with van der Waals surface area (Å²) < 4.78 is 11.3. The lowest BCUT2D eigenvalue weighted by Gasteiger charge is -2.37. The second-order valence-electron chi connectivity index (χ2n) is 5.41. The first-order valence-electron chi connectivity index (χ1n) is 6.29. The number of fused-ring (bicyclic) bond motifs is 1. The highest BCUT2D eigenvalue weighted by atomic mass is 16.5. The van der Waals surface area contributed by atoms with E-state index >= 15 is 0 Å². The standard InChI is InChI=1S/C14H19NO2/c1-14(8-16-9-14)10-17-13-4-2-3-11-7-15-6-5-12(11)13/h2-4,15H,5-10H2,1H3. The van der Waals surface area contributed by atoms with Gasteiger partial charge in [0.05, 0.1) is 19.8 Å². The van der Waals surface area contributed by atoms with Crippen LogP contribution in [0.5, 0.6) is 5.75 Å². The quantitative estimate of drug-likeness (QED) is 0.862. The molecule has 17 heavy (non-hydrogen) atoms. The molecule has 92 valence electrons. The molecular formula is C14H19NO2. The van der Waals surface area contributed by atoms with Crippen LogP contribution in [0.1, 0.15) is 18.1 Å². The Morgan fingerprint density at radius 3 is 3.06 bits per heavy atom. The first-order chi connectivity index (χ1) is 8.27. The molecule has 0 spiro atoms. The van der Waals surface area contributed by atoms with E-state index in [0.29, 0.717) is 0 Å². The van der Waals surface area contributed by atoms with E-state index in [0.717, 1.165) is 45.1 Å². The minimum Gasteiger partial charge on any atom is -0.493 e. The van der Waals surface area contributed by atoms with E-state index < -0.39 is 0 Å². The van der Waals surface area contributed by atoms with Crippen LogP contribution in [0.25, 0.3) is 0 Å². The molecule has 2 heterocycles. The van der Waals surface area contributed by atoms with Gasteiger partial charge in [0.2, 0.25) is 0 Å². The van der Waals surface area contributed by atoms with E-state index in [1.807, 2.05) is 0 Å². The number of hydrogen-bond donors (Lipinski definition) is 1. The summed E-state index contributed by atoms with van der Waals surface area (Å²) in [5.74, 6) is 1.07. The lowest BCUT2D eigenvalue weighted by molar-refractivity contribution is -0.120. The largest absolute Gasteiger partial charge is 0.493 e. The molecule has 3 rings (SSSR count). The third-order valence-corrected chi connectivity index (χ3v) is 3.57. The van der Waals surface area contributed by atoms with E-state index in [2.05, 4.69) is 30.4 Å². The third kappa shape index (κ3) is 2.17. The Hall–Kier alpha value is -1.06. The number of hydrogen-bond acceptors (Lipinski definition) is 3. The van der Waals surface area contributed by atoms with Crippen LogP contribution in [-0.4, -0.2) is 26.4 Å². The normalized spacial score (nSPS) is 21.5. The van der Waals surface area contributed by atoms with Crippen molar-refractivity contribution in [3.8, 4) is 5.75 Å². The lowest BCUT2D eigenvalue weighted by Crippen LogP contribution is -2.44. The summed E-state index contributed by atoms with van der Waals surface area (Å²) >= 11 is 0. The number of nitrogens with one attached hydrogen (secondary N) is 1. The van der Waals surface area contributed by atoms with Gasteiger partial charge in [-0.15, -0.1) is 0 Å². The highest BCUT2D eigenvalue weighted by molar-refractivity contribution is 5.41. The molecule has 1 aromatic carbocycles. The Bertz CT molecular complexity index is 413. The second-order valence-corrected chi connectivity index (χ2v) is 5.41. The van der Waals surface area contributed by atoms with Crippen molar-refractivity contribution in [3.05, 3.63) is 29.3 Å². The first-order valence-corrected chi connectivity index (χ1v) is 6.29. The van der Waals surface area contributed by atoms with Gasteiger partial charge in [-0.3, -0.25) is 0 Å². The summed E-state index contributed by atoms with van der Waals surface area (Å²) in [7, 11) is 0. The van der Waals surface area contributed by atoms with Crippen LogP contribution in [0.4, 0.5) is 0 Å². The minimum absolute atomic E-state index is 0.218. The predicted molar refractivity (Wildman–Crippen MR) is 66.3 cm³/mol. The van der Waals surface area contributed by atoms with Gasteiger partial charge in [0.15, 0.2) is 0 Å². The molecule has 0 aliphatic carbocycles. The molecule has 3 heteroatoms. The van der Waals surface area contributed by atoms with Crippen LogP contribution in [-0.2, 0) is 17.7 Å². The molecule has 0 bridgehead atoms. The zero-order valence-electron chi connectivity index (χ0n) is 10.3. The van der Waals surface area contributed by atoms with E-state index in [9.17, 15) is 0 Å². The molecule has 0 atom stereocenters. The lowest BCUT2D eigenvalue weighted by atomic mass is 9.90.